The van der Waals surface area contributed by atoms with Crippen LogP contribution in [0.15, 0.2) is 47.3 Å². The van der Waals surface area contributed by atoms with Crippen LogP contribution < -0.4 is 11.0 Å². The molecule has 2 aliphatic heterocycles. The predicted molar refractivity (Wildman–Crippen MR) is 165 cm³/mol. The minimum Gasteiger partial charge on any atom is -0.390 e. The van der Waals surface area contributed by atoms with E-state index >= 15 is 0 Å². The summed E-state index contributed by atoms with van der Waals surface area (Å²) < 4.78 is 3.80. The minimum absolute atomic E-state index is 0.0650. The van der Waals surface area contributed by atoms with Gasteiger partial charge in [-0.3, -0.25) is 9.25 Å². The van der Waals surface area contributed by atoms with Gasteiger partial charge in [-0.2, -0.15) is 5.10 Å². The van der Waals surface area contributed by atoms with Crippen molar-refractivity contribution in [1.82, 2.24) is 34.6 Å². The highest BCUT2D eigenvalue weighted by atomic mass is 35.5. The van der Waals surface area contributed by atoms with Gasteiger partial charge in [-0.25, -0.2) is 9.59 Å². The Hall–Kier alpha value is -3.64. The summed E-state index contributed by atoms with van der Waals surface area (Å²) in [5, 5.41) is 21.2. The van der Waals surface area contributed by atoms with Crippen molar-refractivity contribution in [3.05, 3.63) is 74.8 Å². The molecule has 12 heteroatoms. The second kappa shape index (κ2) is 12.5. The first-order valence-corrected chi connectivity index (χ1v) is 15.3. The Morgan fingerprint density at radius 2 is 1.98 bits per heavy atom. The molecule has 43 heavy (non-hydrogen) atoms. The summed E-state index contributed by atoms with van der Waals surface area (Å²) >= 11 is 6.31. The van der Waals surface area contributed by atoms with Crippen LogP contribution in [0.3, 0.4) is 0 Å². The summed E-state index contributed by atoms with van der Waals surface area (Å²) in [7, 11) is 0. The van der Waals surface area contributed by atoms with Gasteiger partial charge in [-0.1, -0.05) is 29.8 Å². The minimum atomic E-state index is -0.624. The number of piperidine rings is 1. The number of rotatable bonds is 8. The van der Waals surface area contributed by atoms with Crippen LogP contribution in [0.1, 0.15) is 42.6 Å². The molecule has 4 heterocycles. The third-order valence-electron chi connectivity index (χ3n) is 8.46. The average Bonchev–Trinajstić information content (AvgIpc) is 3.51. The number of likely N-dealkylation sites (tertiary alicyclic amines) is 1. The Morgan fingerprint density at radius 1 is 1.19 bits per heavy atom. The Balaban J connectivity index is 1.15. The quantitative estimate of drug-likeness (QED) is 0.278. The third-order valence-corrected chi connectivity index (χ3v) is 8.89. The van der Waals surface area contributed by atoms with Gasteiger partial charge in [0, 0.05) is 67.0 Å². The Labute approximate surface area is 254 Å². The SMILES string of the molecule is CCNC(=O)ON1CCc2c(c(-c3ccc(Cl)c(C)c3)nn2CC(O)CN2CCC(n3c(=O)[nH]c4ccccc43)CC2)C1. The number of carbonyl (C=O) groups excluding carboxylic acids is 1. The zero-order chi connectivity index (χ0) is 30.1. The molecule has 1 amide bonds. The number of halogens is 1. The van der Waals surface area contributed by atoms with E-state index in [4.69, 9.17) is 21.5 Å². The fraction of sp³-hybridized carbons (Fsp3) is 0.452. The summed E-state index contributed by atoms with van der Waals surface area (Å²) in [6.07, 6.45) is 1.21. The number of benzene rings is 2. The van der Waals surface area contributed by atoms with Gasteiger partial charge in [0.05, 0.1) is 35.9 Å². The summed E-state index contributed by atoms with van der Waals surface area (Å²) in [5.74, 6) is 0. The second-order valence-corrected chi connectivity index (χ2v) is 11.9. The van der Waals surface area contributed by atoms with Crippen molar-refractivity contribution in [2.75, 3.05) is 32.7 Å². The molecule has 11 nitrogen and oxygen atoms in total. The molecule has 1 unspecified atom stereocenters. The van der Waals surface area contributed by atoms with Crippen molar-refractivity contribution in [2.24, 2.45) is 0 Å². The van der Waals surface area contributed by atoms with Gasteiger partial charge in [0.25, 0.3) is 0 Å². The van der Waals surface area contributed by atoms with Gasteiger partial charge in [0.1, 0.15) is 0 Å². The molecule has 6 rings (SSSR count). The molecule has 0 saturated carbocycles. The number of H-pyrrole nitrogens is 1. The van der Waals surface area contributed by atoms with Crippen LogP contribution in [0.25, 0.3) is 22.3 Å². The van der Waals surface area contributed by atoms with Crippen LogP contribution in [0.4, 0.5) is 4.79 Å². The monoisotopic (exact) mass is 607 g/mol. The van der Waals surface area contributed by atoms with Crippen LogP contribution in [-0.4, -0.2) is 79.3 Å². The number of nitrogens with one attached hydrogen (secondary N) is 2. The van der Waals surface area contributed by atoms with Crippen LogP contribution in [-0.2, 0) is 24.3 Å². The molecule has 1 saturated heterocycles. The molecular weight excluding hydrogens is 570 g/mol. The number of nitrogens with zero attached hydrogens (tertiary/aromatic N) is 5. The zero-order valence-electron chi connectivity index (χ0n) is 24.6. The smallest absolute Gasteiger partial charge is 0.390 e. The second-order valence-electron chi connectivity index (χ2n) is 11.4. The van der Waals surface area contributed by atoms with E-state index in [1.54, 1.807) is 5.06 Å². The first-order chi connectivity index (χ1) is 20.8. The zero-order valence-corrected chi connectivity index (χ0v) is 25.3. The van der Waals surface area contributed by atoms with Crippen molar-refractivity contribution in [2.45, 2.75) is 58.3 Å². The van der Waals surface area contributed by atoms with E-state index in [-0.39, 0.29) is 11.7 Å². The number of β-amino-alcohol motifs (C(OH)–C–C–N with tert-alkyl or cyclic N) is 1. The van der Waals surface area contributed by atoms with Crippen molar-refractivity contribution >= 4 is 28.7 Å². The topological polar surface area (TPSA) is 121 Å². The first kappa shape index (κ1) is 29.4. The van der Waals surface area contributed by atoms with Crippen molar-refractivity contribution in [3.8, 4) is 11.3 Å². The number of aromatic amines is 1. The average molecular weight is 608 g/mol. The summed E-state index contributed by atoms with van der Waals surface area (Å²) in [5.41, 5.74) is 6.44. The van der Waals surface area contributed by atoms with E-state index in [1.165, 1.54) is 0 Å². The van der Waals surface area contributed by atoms with E-state index in [0.29, 0.717) is 44.2 Å². The normalized spacial score (nSPS) is 17.2. The van der Waals surface area contributed by atoms with Crippen molar-refractivity contribution < 1.29 is 14.7 Å². The number of para-hydroxylation sites is 2. The number of hydroxylamine groups is 2. The molecule has 0 spiro atoms. The molecule has 228 valence electrons. The molecule has 2 aromatic carbocycles. The maximum absolute atomic E-state index is 12.7. The molecule has 1 fully saturated rings. The number of imidazole rings is 1. The Bertz CT molecular complexity index is 1670. The standard InChI is InChI=1S/C31H38ClN7O4/c1-3-33-31(42)43-37-15-12-27-24(19-37)29(21-8-9-25(32)20(2)16-21)35-38(27)18-23(40)17-36-13-10-22(11-14-36)39-28-7-5-4-6-26(28)34-30(39)41/h4-9,16,22-23,40H,3,10-15,17-19H2,1-2H3,(H,33,42)(H,34,41). The van der Waals surface area contributed by atoms with Crippen LogP contribution in [0.5, 0.6) is 0 Å². The lowest BCUT2D eigenvalue weighted by atomic mass is 10.0. The molecular formula is C31H38ClN7O4. The number of amides is 1. The van der Waals surface area contributed by atoms with Crippen LogP contribution >= 0.6 is 11.6 Å². The summed E-state index contributed by atoms with van der Waals surface area (Å²) in [4.78, 5) is 35.5. The number of aliphatic hydroxyl groups is 1. The highest BCUT2D eigenvalue weighted by Crippen LogP contribution is 2.32. The van der Waals surface area contributed by atoms with Gasteiger partial charge in [-0.15, -0.1) is 5.06 Å². The van der Waals surface area contributed by atoms with Crippen LogP contribution in [0.2, 0.25) is 5.02 Å². The Kier molecular flexibility index (Phi) is 8.58. The Morgan fingerprint density at radius 3 is 2.74 bits per heavy atom. The number of aryl methyl sites for hydroxylation is 1. The molecule has 2 aromatic heterocycles. The molecule has 4 aromatic rings. The fourth-order valence-electron chi connectivity index (χ4n) is 6.37. The fourth-order valence-corrected chi connectivity index (χ4v) is 6.48. The highest BCUT2D eigenvalue weighted by Gasteiger charge is 2.30. The molecule has 0 radical (unpaired) electrons. The van der Waals surface area contributed by atoms with E-state index < -0.39 is 12.2 Å². The number of aliphatic hydroxyl groups excluding tert-OH is 1. The maximum atomic E-state index is 12.7. The predicted octanol–water partition coefficient (Wildman–Crippen LogP) is 3.87. The van der Waals surface area contributed by atoms with E-state index in [2.05, 4.69) is 15.2 Å². The van der Waals surface area contributed by atoms with E-state index in [1.807, 2.05) is 65.6 Å². The molecule has 1 atom stereocenters. The third kappa shape index (κ3) is 6.21. The lowest BCUT2D eigenvalue weighted by molar-refractivity contribution is -0.111. The van der Waals surface area contributed by atoms with Crippen molar-refractivity contribution in [3.63, 3.8) is 0 Å². The van der Waals surface area contributed by atoms with E-state index in [0.717, 1.165) is 65.0 Å². The molecule has 2 aliphatic rings. The van der Waals surface area contributed by atoms with Gasteiger partial charge in [-0.05, 0) is 56.5 Å². The van der Waals surface area contributed by atoms with Gasteiger partial charge in [0.15, 0.2) is 0 Å². The lowest BCUT2D eigenvalue weighted by Gasteiger charge is -2.33. The number of aromatic nitrogens is 4. The van der Waals surface area contributed by atoms with Crippen molar-refractivity contribution in [1.29, 1.82) is 0 Å². The lowest BCUT2D eigenvalue weighted by Crippen LogP contribution is -2.42. The van der Waals surface area contributed by atoms with Gasteiger partial charge < -0.3 is 25.1 Å². The summed E-state index contributed by atoms with van der Waals surface area (Å²) in [6.45, 7) is 7.70. The maximum Gasteiger partial charge on any atom is 0.426 e. The number of hydrogen-bond donors (Lipinski definition) is 3. The first-order valence-electron chi connectivity index (χ1n) is 15.0. The van der Waals surface area contributed by atoms with Gasteiger partial charge in [0.2, 0.25) is 0 Å². The van der Waals surface area contributed by atoms with Gasteiger partial charge >= 0.3 is 11.8 Å². The highest BCUT2D eigenvalue weighted by molar-refractivity contribution is 6.31. The molecule has 0 bridgehead atoms. The summed E-state index contributed by atoms with van der Waals surface area (Å²) in [6, 6.07) is 13.8. The largest absolute Gasteiger partial charge is 0.426 e. The number of carbonyl (C=O) groups is 1. The van der Waals surface area contributed by atoms with E-state index in [9.17, 15) is 14.7 Å². The number of hydrogen-bond acceptors (Lipinski definition) is 7. The number of fused-ring (bicyclic) bond motifs is 2. The van der Waals surface area contributed by atoms with Crippen LogP contribution in [0, 0.1) is 6.92 Å². The molecule has 0 aliphatic carbocycles. The molecule has 3 N–H and O–H groups in total.